The van der Waals surface area contributed by atoms with E-state index in [1.807, 2.05) is 13.8 Å². The van der Waals surface area contributed by atoms with E-state index < -0.39 is 19.5 Å². The number of hydrogen-bond acceptors (Lipinski definition) is 3. The Morgan fingerprint density at radius 1 is 1.00 bits per heavy atom. The quantitative estimate of drug-likeness (QED) is 0.619. The summed E-state index contributed by atoms with van der Waals surface area (Å²) in [7, 11) is -1.87. The summed E-state index contributed by atoms with van der Waals surface area (Å²) in [6.45, 7) is 4.04. The van der Waals surface area contributed by atoms with Crippen LogP contribution in [0.3, 0.4) is 0 Å². The molecule has 4 heteroatoms. The average Bonchev–Trinajstić information content (AvgIpc) is 2.21. The Balaban J connectivity index is 3.78. The van der Waals surface area contributed by atoms with Crippen LogP contribution >= 0.6 is 7.80 Å². The minimum absolute atomic E-state index is 0.537. The lowest BCUT2D eigenvalue weighted by Crippen LogP contribution is -2.10. The van der Waals surface area contributed by atoms with Crippen LogP contribution in [0.5, 0.6) is 0 Å². The van der Waals surface area contributed by atoms with Crippen LogP contribution < -0.4 is 0 Å². The molecule has 0 amide bonds. The van der Waals surface area contributed by atoms with Gasteiger partial charge in [-0.25, -0.2) is 0 Å². The topological polar surface area (TPSA) is 57.5 Å². The Kier molecular flexibility index (Phi) is 8.35. The molecule has 1 radical (unpaired) electrons. The molecule has 85 valence electrons. The van der Waals surface area contributed by atoms with Crippen LogP contribution in [-0.2, 0) is 4.57 Å². The smallest absolute Gasteiger partial charge is 0.130 e. The molecule has 0 saturated carbocycles. The van der Waals surface area contributed by atoms with Crippen LogP contribution in [0.4, 0.5) is 0 Å². The Bertz CT molecular complexity index is 145. The standard InChI is InChI=1S/C10H22O3P/c1-3-5-7-9(11)14(13)10(12)8-6-4-2/h9-12H,3-8H2,1-2H3. The van der Waals surface area contributed by atoms with Gasteiger partial charge in [0.1, 0.15) is 19.5 Å². The predicted molar refractivity (Wildman–Crippen MR) is 58.7 cm³/mol. The van der Waals surface area contributed by atoms with Crippen molar-refractivity contribution in [2.45, 2.75) is 64.1 Å². The van der Waals surface area contributed by atoms with Crippen molar-refractivity contribution in [3.8, 4) is 0 Å². The van der Waals surface area contributed by atoms with Gasteiger partial charge in [0.05, 0.1) is 0 Å². The van der Waals surface area contributed by atoms with Crippen LogP contribution in [0.1, 0.15) is 52.4 Å². The van der Waals surface area contributed by atoms with Gasteiger partial charge < -0.3 is 10.2 Å². The second kappa shape index (κ2) is 8.34. The molecule has 0 saturated heterocycles. The largest absolute Gasteiger partial charge is 0.382 e. The van der Waals surface area contributed by atoms with Gasteiger partial charge in [-0.3, -0.25) is 4.57 Å². The van der Waals surface area contributed by atoms with Crippen molar-refractivity contribution >= 4 is 7.80 Å². The molecule has 0 fully saturated rings. The van der Waals surface area contributed by atoms with Crippen molar-refractivity contribution in [3.05, 3.63) is 0 Å². The van der Waals surface area contributed by atoms with Gasteiger partial charge in [-0.05, 0) is 12.8 Å². The molecular weight excluding hydrogens is 199 g/mol. The van der Waals surface area contributed by atoms with Gasteiger partial charge >= 0.3 is 0 Å². The Hall–Kier alpha value is 0.0200. The first-order chi connectivity index (χ1) is 6.63. The second-order valence-electron chi connectivity index (χ2n) is 3.61. The zero-order valence-corrected chi connectivity index (χ0v) is 10.0. The third-order valence-electron chi connectivity index (χ3n) is 2.22. The molecule has 2 atom stereocenters. The number of rotatable bonds is 8. The van der Waals surface area contributed by atoms with E-state index in [1.165, 1.54) is 0 Å². The van der Waals surface area contributed by atoms with E-state index in [2.05, 4.69) is 0 Å². The molecule has 0 aliphatic rings. The molecule has 0 rings (SSSR count). The summed E-state index contributed by atoms with van der Waals surface area (Å²) in [5.74, 6) is -1.64. The molecule has 0 aromatic carbocycles. The minimum atomic E-state index is -1.87. The molecule has 0 aliphatic heterocycles. The highest BCUT2D eigenvalue weighted by Gasteiger charge is 2.21. The van der Waals surface area contributed by atoms with Gasteiger partial charge in [-0.15, -0.1) is 0 Å². The van der Waals surface area contributed by atoms with Crippen LogP contribution in [0.2, 0.25) is 0 Å². The number of hydrogen-bond donors (Lipinski definition) is 2. The first-order valence-corrected chi connectivity index (χ1v) is 6.84. The van der Waals surface area contributed by atoms with Gasteiger partial charge in [0.25, 0.3) is 0 Å². The van der Waals surface area contributed by atoms with Gasteiger partial charge in [0, 0.05) is 0 Å². The SMILES string of the molecule is CCCCC(O)[P](=O)C(O)CCCC. The van der Waals surface area contributed by atoms with E-state index in [0.717, 1.165) is 25.7 Å². The lowest BCUT2D eigenvalue weighted by molar-refractivity contribution is 0.201. The highest BCUT2D eigenvalue weighted by atomic mass is 31.1. The van der Waals surface area contributed by atoms with Crippen LogP contribution in [0.15, 0.2) is 0 Å². The van der Waals surface area contributed by atoms with Crippen molar-refractivity contribution in [1.82, 2.24) is 0 Å². The maximum absolute atomic E-state index is 11.5. The fourth-order valence-electron chi connectivity index (χ4n) is 1.23. The zero-order valence-electron chi connectivity index (χ0n) is 9.15. The van der Waals surface area contributed by atoms with Crippen molar-refractivity contribution in [3.63, 3.8) is 0 Å². The first kappa shape index (κ1) is 14.0. The highest BCUT2D eigenvalue weighted by Crippen LogP contribution is 2.36. The third kappa shape index (κ3) is 5.69. The number of aliphatic hydroxyl groups excluding tert-OH is 2. The Morgan fingerprint density at radius 2 is 1.36 bits per heavy atom. The Morgan fingerprint density at radius 3 is 1.64 bits per heavy atom. The summed E-state index contributed by atoms with van der Waals surface area (Å²) < 4.78 is 11.5. The molecule has 0 bridgehead atoms. The molecule has 14 heavy (non-hydrogen) atoms. The lowest BCUT2D eigenvalue weighted by atomic mass is 10.3. The minimum Gasteiger partial charge on any atom is -0.382 e. The monoisotopic (exact) mass is 221 g/mol. The summed E-state index contributed by atoms with van der Waals surface area (Å²) in [6.07, 6.45) is 4.76. The van der Waals surface area contributed by atoms with Gasteiger partial charge in [0.15, 0.2) is 0 Å². The van der Waals surface area contributed by atoms with Crippen LogP contribution in [0, 0.1) is 0 Å². The summed E-state index contributed by atoms with van der Waals surface area (Å²) in [5, 5.41) is 18.9. The number of aliphatic hydroxyl groups is 2. The maximum Gasteiger partial charge on any atom is 0.130 e. The molecular formula is C10H22O3P. The van der Waals surface area contributed by atoms with E-state index in [0.29, 0.717) is 12.8 Å². The van der Waals surface area contributed by atoms with E-state index >= 15 is 0 Å². The third-order valence-corrected chi connectivity index (χ3v) is 3.91. The molecule has 2 unspecified atom stereocenters. The maximum atomic E-state index is 11.5. The van der Waals surface area contributed by atoms with Gasteiger partial charge in [-0.1, -0.05) is 39.5 Å². The molecule has 0 spiro atoms. The van der Waals surface area contributed by atoms with Crippen molar-refractivity contribution < 1.29 is 14.8 Å². The number of unbranched alkanes of at least 4 members (excludes halogenated alkanes) is 2. The fraction of sp³-hybridized carbons (Fsp3) is 1.00. The first-order valence-electron chi connectivity index (χ1n) is 5.45. The van der Waals surface area contributed by atoms with E-state index in [1.54, 1.807) is 0 Å². The van der Waals surface area contributed by atoms with E-state index in [-0.39, 0.29) is 0 Å². The fourth-order valence-corrected chi connectivity index (χ4v) is 2.50. The van der Waals surface area contributed by atoms with Crippen LogP contribution in [0.25, 0.3) is 0 Å². The molecule has 0 heterocycles. The van der Waals surface area contributed by atoms with E-state index in [9.17, 15) is 14.8 Å². The molecule has 0 aromatic heterocycles. The van der Waals surface area contributed by atoms with Crippen molar-refractivity contribution in [2.75, 3.05) is 0 Å². The molecule has 0 aromatic rings. The predicted octanol–water partition coefficient (Wildman–Crippen LogP) is 2.83. The van der Waals surface area contributed by atoms with Crippen LogP contribution in [-0.4, -0.2) is 21.9 Å². The normalized spacial score (nSPS) is 16.4. The molecule has 2 N–H and O–H groups in total. The second-order valence-corrected chi connectivity index (χ2v) is 5.52. The summed E-state index contributed by atoms with van der Waals surface area (Å²) in [5.41, 5.74) is 0. The summed E-state index contributed by atoms with van der Waals surface area (Å²) in [6, 6.07) is 0. The Labute approximate surface area is 87.3 Å². The average molecular weight is 221 g/mol. The molecule has 0 aliphatic carbocycles. The summed E-state index contributed by atoms with van der Waals surface area (Å²) in [4.78, 5) is 0. The van der Waals surface area contributed by atoms with Gasteiger partial charge in [0.2, 0.25) is 0 Å². The van der Waals surface area contributed by atoms with Crippen molar-refractivity contribution in [1.29, 1.82) is 0 Å². The lowest BCUT2D eigenvalue weighted by Gasteiger charge is -2.14. The highest BCUT2D eigenvalue weighted by molar-refractivity contribution is 7.45. The zero-order chi connectivity index (χ0) is 11.0. The van der Waals surface area contributed by atoms with Gasteiger partial charge in [-0.2, -0.15) is 0 Å². The summed E-state index contributed by atoms with van der Waals surface area (Å²) >= 11 is 0. The molecule has 3 nitrogen and oxygen atoms in total. The van der Waals surface area contributed by atoms with E-state index in [4.69, 9.17) is 0 Å². The van der Waals surface area contributed by atoms with Crippen molar-refractivity contribution in [2.24, 2.45) is 0 Å².